The minimum atomic E-state index is -0.0258. The number of halogens is 1. The van der Waals surface area contributed by atoms with Gasteiger partial charge in [-0.1, -0.05) is 34.1 Å². The standard InChI is InChI=1S/C20H37N5O.HI/c1-6-16-10-8-9-12-25(16)13-11-22-19(21-7-2)24-15-18-23-14-17(26-18)20(3,4)5;/h14,16H,6-13,15H2,1-5H3,(H2,21,22,24);1H. The van der Waals surface area contributed by atoms with E-state index in [1.165, 1.54) is 32.2 Å². The van der Waals surface area contributed by atoms with Crippen LogP contribution in [-0.2, 0) is 12.0 Å². The maximum atomic E-state index is 5.82. The van der Waals surface area contributed by atoms with Crippen molar-refractivity contribution in [2.24, 2.45) is 4.99 Å². The van der Waals surface area contributed by atoms with E-state index in [-0.39, 0.29) is 29.4 Å². The summed E-state index contributed by atoms with van der Waals surface area (Å²) >= 11 is 0. The number of likely N-dealkylation sites (tertiary alicyclic amines) is 1. The molecule has 0 aromatic carbocycles. The van der Waals surface area contributed by atoms with Gasteiger partial charge in [0.15, 0.2) is 5.96 Å². The molecule has 27 heavy (non-hydrogen) atoms. The number of hydrogen-bond donors (Lipinski definition) is 2. The average Bonchev–Trinajstić information content (AvgIpc) is 3.09. The number of rotatable bonds is 7. The lowest BCUT2D eigenvalue weighted by molar-refractivity contribution is 0.147. The molecule has 2 heterocycles. The highest BCUT2D eigenvalue weighted by atomic mass is 127. The Hall–Kier alpha value is -0.830. The third kappa shape index (κ3) is 7.97. The van der Waals surface area contributed by atoms with Crippen LogP contribution in [0.15, 0.2) is 15.6 Å². The molecule has 1 saturated heterocycles. The fraction of sp³-hybridized carbons (Fsp3) is 0.800. The molecule has 1 atom stereocenters. The third-order valence-corrected chi connectivity index (χ3v) is 4.92. The summed E-state index contributed by atoms with van der Waals surface area (Å²) in [7, 11) is 0. The predicted molar refractivity (Wildman–Crippen MR) is 123 cm³/mol. The molecule has 1 aliphatic rings. The smallest absolute Gasteiger partial charge is 0.216 e. The molecule has 6 nitrogen and oxygen atoms in total. The van der Waals surface area contributed by atoms with E-state index in [9.17, 15) is 0 Å². The maximum Gasteiger partial charge on any atom is 0.216 e. The number of nitrogens with zero attached hydrogens (tertiary/aromatic N) is 3. The number of oxazole rings is 1. The van der Waals surface area contributed by atoms with Crippen LogP contribution in [0.25, 0.3) is 0 Å². The van der Waals surface area contributed by atoms with Gasteiger partial charge in [-0.15, -0.1) is 24.0 Å². The Morgan fingerprint density at radius 1 is 1.30 bits per heavy atom. The largest absolute Gasteiger partial charge is 0.443 e. The fourth-order valence-corrected chi connectivity index (χ4v) is 3.35. The predicted octanol–water partition coefficient (Wildman–Crippen LogP) is 3.91. The van der Waals surface area contributed by atoms with Crippen LogP contribution in [0, 0.1) is 0 Å². The van der Waals surface area contributed by atoms with Crippen LogP contribution in [0.1, 0.15) is 72.0 Å². The molecule has 0 radical (unpaired) electrons. The van der Waals surface area contributed by atoms with Crippen molar-refractivity contribution in [3.8, 4) is 0 Å². The molecule has 156 valence electrons. The minimum absolute atomic E-state index is 0. The summed E-state index contributed by atoms with van der Waals surface area (Å²) in [5.74, 6) is 2.39. The second kappa shape index (κ2) is 11.9. The zero-order chi connectivity index (χ0) is 19.0. The highest BCUT2D eigenvalue weighted by molar-refractivity contribution is 14.0. The van der Waals surface area contributed by atoms with Crippen LogP contribution in [-0.4, -0.2) is 48.1 Å². The van der Waals surface area contributed by atoms with Gasteiger partial charge in [-0.2, -0.15) is 0 Å². The molecule has 1 aromatic rings. The number of aromatic nitrogens is 1. The summed E-state index contributed by atoms with van der Waals surface area (Å²) < 4.78 is 5.82. The molecule has 0 spiro atoms. The fourth-order valence-electron chi connectivity index (χ4n) is 3.35. The van der Waals surface area contributed by atoms with Gasteiger partial charge in [0.05, 0.1) is 6.20 Å². The first kappa shape index (κ1) is 24.2. The summed E-state index contributed by atoms with van der Waals surface area (Å²) in [5.41, 5.74) is -0.0258. The second-order valence-corrected chi connectivity index (χ2v) is 8.08. The van der Waals surface area contributed by atoms with Crippen molar-refractivity contribution in [1.82, 2.24) is 20.5 Å². The first-order chi connectivity index (χ1) is 12.4. The Bertz CT molecular complexity index is 567. The van der Waals surface area contributed by atoms with E-state index in [2.05, 4.69) is 60.1 Å². The van der Waals surface area contributed by atoms with Crippen LogP contribution in [0.3, 0.4) is 0 Å². The first-order valence-electron chi connectivity index (χ1n) is 10.2. The van der Waals surface area contributed by atoms with Crippen LogP contribution in [0.5, 0.6) is 0 Å². The Morgan fingerprint density at radius 2 is 2.07 bits per heavy atom. The van der Waals surface area contributed by atoms with E-state index in [1.54, 1.807) is 0 Å². The maximum absolute atomic E-state index is 5.82. The number of hydrogen-bond acceptors (Lipinski definition) is 4. The number of piperidine rings is 1. The molecule has 1 aromatic heterocycles. The molecule has 2 N–H and O–H groups in total. The molecule has 1 aliphatic heterocycles. The van der Waals surface area contributed by atoms with Gasteiger partial charge < -0.3 is 15.1 Å². The number of guanidine groups is 1. The molecule has 7 heteroatoms. The van der Waals surface area contributed by atoms with Gasteiger partial charge >= 0.3 is 0 Å². The van der Waals surface area contributed by atoms with E-state index in [4.69, 9.17) is 4.42 Å². The van der Waals surface area contributed by atoms with Crippen LogP contribution >= 0.6 is 24.0 Å². The molecule has 0 bridgehead atoms. The first-order valence-corrected chi connectivity index (χ1v) is 10.2. The van der Waals surface area contributed by atoms with E-state index < -0.39 is 0 Å². The number of nitrogens with one attached hydrogen (secondary N) is 2. The molecule has 2 rings (SSSR count). The molecule has 0 saturated carbocycles. The van der Waals surface area contributed by atoms with E-state index in [0.717, 1.165) is 37.4 Å². The lowest BCUT2D eigenvalue weighted by Crippen LogP contribution is -2.45. The van der Waals surface area contributed by atoms with E-state index in [0.29, 0.717) is 12.4 Å². The average molecular weight is 491 g/mol. The normalized spacial score (nSPS) is 18.9. The lowest BCUT2D eigenvalue weighted by atomic mass is 9.94. The Balaban J connectivity index is 0.00000364. The van der Waals surface area contributed by atoms with Crippen molar-refractivity contribution < 1.29 is 4.42 Å². The van der Waals surface area contributed by atoms with E-state index >= 15 is 0 Å². The van der Waals surface area contributed by atoms with Gasteiger partial charge in [0.2, 0.25) is 5.89 Å². The SMILES string of the molecule is CCNC(=NCc1ncc(C(C)(C)C)o1)NCCN1CCCCC1CC.I. The second-order valence-electron chi connectivity index (χ2n) is 8.08. The topological polar surface area (TPSA) is 65.7 Å². The molecule has 0 amide bonds. The van der Waals surface area contributed by atoms with Crippen molar-refractivity contribution in [3.05, 3.63) is 17.8 Å². The van der Waals surface area contributed by atoms with Crippen LogP contribution < -0.4 is 10.6 Å². The lowest BCUT2D eigenvalue weighted by Gasteiger charge is -2.35. The van der Waals surface area contributed by atoms with Gasteiger partial charge in [-0.05, 0) is 32.7 Å². The number of aliphatic imine (C=N–C) groups is 1. The Labute approximate surface area is 182 Å². The van der Waals surface area contributed by atoms with Gasteiger partial charge in [-0.3, -0.25) is 4.90 Å². The minimum Gasteiger partial charge on any atom is -0.443 e. The summed E-state index contributed by atoms with van der Waals surface area (Å²) in [6, 6.07) is 0.744. The van der Waals surface area contributed by atoms with Gasteiger partial charge in [0, 0.05) is 31.1 Å². The monoisotopic (exact) mass is 491 g/mol. The van der Waals surface area contributed by atoms with Crippen molar-refractivity contribution in [2.75, 3.05) is 26.2 Å². The summed E-state index contributed by atoms with van der Waals surface area (Å²) in [4.78, 5) is 11.6. The van der Waals surface area contributed by atoms with Crippen LogP contribution in [0.4, 0.5) is 0 Å². The van der Waals surface area contributed by atoms with E-state index in [1.807, 2.05) is 6.20 Å². The zero-order valence-electron chi connectivity index (χ0n) is 17.7. The van der Waals surface area contributed by atoms with Crippen LogP contribution in [0.2, 0.25) is 0 Å². The van der Waals surface area contributed by atoms with Crippen molar-refractivity contribution in [2.45, 2.75) is 78.3 Å². The molecular formula is C20H38IN5O. The summed E-state index contributed by atoms with van der Waals surface area (Å²) in [6.45, 7) is 15.2. The highest BCUT2D eigenvalue weighted by Gasteiger charge is 2.20. The highest BCUT2D eigenvalue weighted by Crippen LogP contribution is 2.22. The quantitative estimate of drug-likeness (QED) is 0.344. The molecular weight excluding hydrogens is 453 g/mol. The Morgan fingerprint density at radius 3 is 2.70 bits per heavy atom. The summed E-state index contributed by atoms with van der Waals surface area (Å²) in [6.07, 6.45) is 7.09. The molecule has 1 unspecified atom stereocenters. The van der Waals surface area contributed by atoms with Crippen molar-refractivity contribution >= 4 is 29.9 Å². The van der Waals surface area contributed by atoms with Crippen molar-refractivity contribution in [3.63, 3.8) is 0 Å². The summed E-state index contributed by atoms with van der Waals surface area (Å²) in [5, 5.41) is 6.75. The van der Waals surface area contributed by atoms with Gasteiger partial charge in [0.25, 0.3) is 0 Å². The Kier molecular flexibility index (Phi) is 10.7. The third-order valence-electron chi connectivity index (χ3n) is 4.92. The van der Waals surface area contributed by atoms with Gasteiger partial charge in [-0.25, -0.2) is 9.98 Å². The molecule has 0 aliphatic carbocycles. The van der Waals surface area contributed by atoms with Crippen molar-refractivity contribution in [1.29, 1.82) is 0 Å². The zero-order valence-corrected chi connectivity index (χ0v) is 20.0. The molecule has 1 fully saturated rings. The van der Waals surface area contributed by atoms with Gasteiger partial charge in [0.1, 0.15) is 12.3 Å².